The van der Waals surface area contributed by atoms with Crippen molar-refractivity contribution in [3.63, 3.8) is 0 Å². The third-order valence-corrected chi connectivity index (χ3v) is 3.05. The molecule has 0 amide bonds. The molecule has 4 heteroatoms. The molecule has 2 aromatic rings. The molecule has 0 N–H and O–H groups in total. The van der Waals surface area contributed by atoms with Crippen LogP contribution in [0.4, 0.5) is 0 Å². The first-order valence-electron chi connectivity index (χ1n) is 3.07. The van der Waals surface area contributed by atoms with E-state index >= 15 is 0 Å². The van der Waals surface area contributed by atoms with E-state index in [0.717, 1.165) is 9.35 Å². The van der Waals surface area contributed by atoms with Gasteiger partial charge in [0.25, 0.3) is 0 Å². The van der Waals surface area contributed by atoms with E-state index in [1.54, 1.807) is 0 Å². The molecule has 0 saturated carbocycles. The Kier molecular flexibility index (Phi) is 1.77. The van der Waals surface area contributed by atoms with Gasteiger partial charge < -0.3 is 0 Å². The van der Waals surface area contributed by atoms with Gasteiger partial charge in [-0.05, 0) is 34.7 Å². The molecule has 2 aromatic heterocycles. The van der Waals surface area contributed by atoms with Gasteiger partial charge in [0, 0.05) is 6.20 Å². The minimum absolute atomic E-state index is 0.566. The van der Waals surface area contributed by atoms with Crippen LogP contribution in [0.3, 0.4) is 0 Å². The third kappa shape index (κ3) is 1.12. The van der Waals surface area contributed by atoms with Gasteiger partial charge >= 0.3 is 0 Å². The molecule has 0 spiro atoms. The van der Waals surface area contributed by atoms with Crippen molar-refractivity contribution in [2.45, 2.75) is 0 Å². The summed E-state index contributed by atoms with van der Waals surface area (Å²) < 4.78 is 2.91. The topological polar surface area (TPSA) is 17.3 Å². The summed E-state index contributed by atoms with van der Waals surface area (Å²) in [6, 6.07) is 5.82. The highest BCUT2D eigenvalue weighted by Gasteiger charge is 2.04. The summed E-state index contributed by atoms with van der Waals surface area (Å²) >= 11 is 7.98. The monoisotopic (exact) mass is 278 g/mol. The van der Waals surface area contributed by atoms with Crippen LogP contribution in [0.25, 0.3) is 5.65 Å². The third-order valence-electron chi connectivity index (χ3n) is 1.43. The number of fused-ring (bicyclic) bond motifs is 1. The molecule has 0 saturated heterocycles. The number of nitrogens with zero attached hydrogens (tertiary/aromatic N) is 2. The summed E-state index contributed by atoms with van der Waals surface area (Å²) in [4.78, 5) is 4.13. The predicted molar refractivity (Wildman–Crippen MR) is 52.9 cm³/mol. The molecule has 0 aliphatic carbocycles. The Bertz CT molecular complexity index is 396. The summed E-state index contributed by atoms with van der Waals surface area (Å²) in [6.07, 6.45) is 1.94. The first-order chi connectivity index (χ1) is 5.29. The second kappa shape index (κ2) is 2.64. The SMILES string of the molecule is Clc1nc2ccccn2c1I. The zero-order valence-electron chi connectivity index (χ0n) is 5.46. The van der Waals surface area contributed by atoms with Crippen molar-refractivity contribution in [3.05, 3.63) is 33.2 Å². The summed E-state index contributed by atoms with van der Waals surface area (Å²) in [6.45, 7) is 0. The number of pyridine rings is 1. The normalized spacial score (nSPS) is 10.7. The lowest BCUT2D eigenvalue weighted by Crippen LogP contribution is -1.83. The molecule has 2 rings (SSSR count). The van der Waals surface area contributed by atoms with Crippen LogP contribution in [0.5, 0.6) is 0 Å². The van der Waals surface area contributed by atoms with Crippen LogP contribution in [0.15, 0.2) is 24.4 Å². The van der Waals surface area contributed by atoms with Crippen molar-refractivity contribution in [2.75, 3.05) is 0 Å². The van der Waals surface area contributed by atoms with Gasteiger partial charge in [0.1, 0.15) is 9.35 Å². The van der Waals surface area contributed by atoms with Crippen molar-refractivity contribution in [3.8, 4) is 0 Å². The molecule has 2 nitrogen and oxygen atoms in total. The van der Waals surface area contributed by atoms with E-state index in [9.17, 15) is 0 Å². The van der Waals surface area contributed by atoms with E-state index in [-0.39, 0.29) is 0 Å². The molecule has 56 valence electrons. The molecule has 0 bridgehead atoms. The smallest absolute Gasteiger partial charge is 0.161 e. The van der Waals surface area contributed by atoms with E-state index in [1.807, 2.05) is 28.8 Å². The Morgan fingerprint density at radius 3 is 3.00 bits per heavy atom. The Hall–Kier alpha value is -0.290. The molecule has 0 fully saturated rings. The predicted octanol–water partition coefficient (Wildman–Crippen LogP) is 2.59. The average Bonchev–Trinajstić information content (AvgIpc) is 2.30. The van der Waals surface area contributed by atoms with E-state index in [2.05, 4.69) is 27.6 Å². The fourth-order valence-corrected chi connectivity index (χ4v) is 1.64. The Morgan fingerprint density at radius 1 is 1.45 bits per heavy atom. The fourth-order valence-electron chi connectivity index (χ4n) is 0.937. The van der Waals surface area contributed by atoms with Crippen LogP contribution >= 0.6 is 34.2 Å². The summed E-state index contributed by atoms with van der Waals surface area (Å²) in [5, 5.41) is 0.566. The Labute approximate surface area is 82.3 Å². The lowest BCUT2D eigenvalue weighted by atomic mass is 10.5. The van der Waals surface area contributed by atoms with Gasteiger partial charge in [-0.2, -0.15) is 0 Å². The quantitative estimate of drug-likeness (QED) is 0.677. The lowest BCUT2D eigenvalue weighted by molar-refractivity contribution is 1.15. The van der Waals surface area contributed by atoms with Crippen molar-refractivity contribution < 1.29 is 0 Å². The lowest BCUT2D eigenvalue weighted by Gasteiger charge is -1.90. The maximum Gasteiger partial charge on any atom is 0.161 e. The summed E-state index contributed by atoms with van der Waals surface area (Å²) in [7, 11) is 0. The van der Waals surface area contributed by atoms with Crippen LogP contribution in [-0.4, -0.2) is 9.38 Å². The van der Waals surface area contributed by atoms with Crippen molar-refractivity contribution in [1.29, 1.82) is 0 Å². The van der Waals surface area contributed by atoms with Crippen molar-refractivity contribution in [2.24, 2.45) is 0 Å². The van der Waals surface area contributed by atoms with Gasteiger partial charge in [-0.25, -0.2) is 4.98 Å². The molecule has 0 radical (unpaired) electrons. The number of rotatable bonds is 0. The molecule has 11 heavy (non-hydrogen) atoms. The number of aromatic nitrogens is 2. The van der Waals surface area contributed by atoms with Gasteiger partial charge in [0.05, 0.1) is 0 Å². The highest BCUT2D eigenvalue weighted by Crippen LogP contribution is 2.18. The molecule has 0 aliphatic heterocycles. The van der Waals surface area contributed by atoms with Crippen LogP contribution in [0, 0.1) is 3.70 Å². The van der Waals surface area contributed by atoms with E-state index in [0.29, 0.717) is 5.15 Å². The summed E-state index contributed by atoms with van der Waals surface area (Å²) in [5.74, 6) is 0. The molecule has 0 aliphatic rings. The number of hydrogen-bond acceptors (Lipinski definition) is 1. The average molecular weight is 278 g/mol. The molecule has 0 unspecified atom stereocenters. The molecule has 2 heterocycles. The minimum Gasteiger partial charge on any atom is -0.294 e. The Morgan fingerprint density at radius 2 is 2.27 bits per heavy atom. The van der Waals surface area contributed by atoms with Gasteiger partial charge in [-0.15, -0.1) is 0 Å². The zero-order chi connectivity index (χ0) is 7.84. The minimum atomic E-state index is 0.566. The molecular weight excluding hydrogens is 274 g/mol. The number of imidazole rings is 1. The second-order valence-electron chi connectivity index (χ2n) is 2.12. The largest absolute Gasteiger partial charge is 0.294 e. The first-order valence-corrected chi connectivity index (χ1v) is 4.53. The van der Waals surface area contributed by atoms with E-state index in [4.69, 9.17) is 11.6 Å². The fraction of sp³-hybridized carbons (Fsp3) is 0. The van der Waals surface area contributed by atoms with Crippen molar-refractivity contribution >= 4 is 39.8 Å². The van der Waals surface area contributed by atoms with Gasteiger partial charge in [-0.3, -0.25) is 4.40 Å². The van der Waals surface area contributed by atoms with Crippen LogP contribution in [-0.2, 0) is 0 Å². The number of hydrogen-bond donors (Lipinski definition) is 0. The highest BCUT2D eigenvalue weighted by atomic mass is 127. The summed E-state index contributed by atoms with van der Waals surface area (Å²) in [5.41, 5.74) is 0.891. The van der Waals surface area contributed by atoms with Gasteiger partial charge in [0.2, 0.25) is 0 Å². The van der Waals surface area contributed by atoms with Crippen LogP contribution in [0.1, 0.15) is 0 Å². The molecular formula is C7H4ClIN2. The number of halogens is 2. The molecule has 0 atom stereocenters. The highest BCUT2D eigenvalue weighted by molar-refractivity contribution is 14.1. The maximum atomic E-state index is 5.81. The van der Waals surface area contributed by atoms with Crippen LogP contribution < -0.4 is 0 Å². The second-order valence-corrected chi connectivity index (χ2v) is 3.50. The molecule has 0 aromatic carbocycles. The van der Waals surface area contributed by atoms with Crippen molar-refractivity contribution in [1.82, 2.24) is 9.38 Å². The van der Waals surface area contributed by atoms with Crippen LogP contribution in [0.2, 0.25) is 5.15 Å². The first kappa shape index (κ1) is 7.36. The standard InChI is InChI=1S/C7H4ClIN2/c8-6-7(9)11-4-2-1-3-5(11)10-6/h1-4H. The maximum absolute atomic E-state index is 5.81. The van der Waals surface area contributed by atoms with Gasteiger partial charge in [-0.1, -0.05) is 17.7 Å². The zero-order valence-corrected chi connectivity index (χ0v) is 8.37. The Balaban J connectivity index is 2.92. The van der Waals surface area contributed by atoms with E-state index < -0.39 is 0 Å². The van der Waals surface area contributed by atoms with Gasteiger partial charge in [0.15, 0.2) is 5.15 Å². The van der Waals surface area contributed by atoms with E-state index in [1.165, 1.54) is 0 Å².